The molecule has 2 aromatic rings. The van der Waals surface area contributed by atoms with E-state index in [-0.39, 0.29) is 6.04 Å². The highest BCUT2D eigenvalue weighted by Crippen LogP contribution is 2.28. The highest BCUT2D eigenvalue weighted by molar-refractivity contribution is 5.62. The summed E-state index contributed by atoms with van der Waals surface area (Å²) in [6, 6.07) is 10.7. The van der Waals surface area contributed by atoms with E-state index in [1.807, 2.05) is 19.2 Å². The number of rotatable bonds is 3. The Bertz CT molecular complexity index is 513. The SMILES string of the molecule is CNC(C)c1ccc(-c2ccc(C)cc2C)o1. The number of hydrogen-bond acceptors (Lipinski definition) is 2. The molecular formula is C15H19NO. The Hall–Kier alpha value is -1.54. The molecule has 1 N–H and O–H groups in total. The fourth-order valence-corrected chi connectivity index (χ4v) is 1.96. The minimum absolute atomic E-state index is 0.245. The highest BCUT2D eigenvalue weighted by Gasteiger charge is 2.10. The van der Waals surface area contributed by atoms with Gasteiger partial charge in [0, 0.05) is 5.56 Å². The summed E-state index contributed by atoms with van der Waals surface area (Å²) in [5, 5.41) is 3.18. The second kappa shape index (κ2) is 4.76. The Morgan fingerprint density at radius 3 is 2.53 bits per heavy atom. The Kier molecular flexibility index (Phi) is 3.34. The summed E-state index contributed by atoms with van der Waals surface area (Å²) in [5.41, 5.74) is 3.70. The van der Waals surface area contributed by atoms with E-state index < -0.39 is 0 Å². The van der Waals surface area contributed by atoms with Crippen molar-refractivity contribution >= 4 is 0 Å². The van der Waals surface area contributed by atoms with Gasteiger partial charge in [-0.25, -0.2) is 0 Å². The summed E-state index contributed by atoms with van der Waals surface area (Å²) in [6.45, 7) is 6.31. The average Bonchev–Trinajstić information content (AvgIpc) is 2.77. The summed E-state index contributed by atoms with van der Waals surface area (Å²) in [7, 11) is 1.93. The standard InChI is InChI=1S/C15H19NO/c1-10-5-6-13(11(2)9-10)15-8-7-14(17-15)12(3)16-4/h5-9,12,16H,1-4H3. The molecule has 0 aliphatic rings. The van der Waals surface area contributed by atoms with Gasteiger partial charge in [0.25, 0.3) is 0 Å². The van der Waals surface area contributed by atoms with E-state index >= 15 is 0 Å². The molecule has 1 unspecified atom stereocenters. The van der Waals surface area contributed by atoms with Crippen LogP contribution in [0.1, 0.15) is 29.9 Å². The maximum atomic E-state index is 5.88. The first-order valence-electron chi connectivity index (χ1n) is 5.96. The van der Waals surface area contributed by atoms with E-state index in [0.29, 0.717) is 0 Å². The van der Waals surface area contributed by atoms with E-state index in [9.17, 15) is 0 Å². The third kappa shape index (κ3) is 2.42. The maximum absolute atomic E-state index is 5.88. The molecule has 17 heavy (non-hydrogen) atoms. The third-order valence-electron chi connectivity index (χ3n) is 3.13. The summed E-state index contributed by atoms with van der Waals surface area (Å²) < 4.78 is 5.88. The smallest absolute Gasteiger partial charge is 0.134 e. The van der Waals surface area contributed by atoms with Crippen molar-refractivity contribution in [2.24, 2.45) is 0 Å². The zero-order valence-corrected chi connectivity index (χ0v) is 10.9. The van der Waals surface area contributed by atoms with Crippen LogP contribution in [0.25, 0.3) is 11.3 Å². The van der Waals surface area contributed by atoms with Gasteiger partial charge in [-0.1, -0.05) is 23.8 Å². The first-order valence-corrected chi connectivity index (χ1v) is 5.96. The number of benzene rings is 1. The van der Waals surface area contributed by atoms with Crippen LogP contribution in [0.15, 0.2) is 34.7 Å². The zero-order chi connectivity index (χ0) is 12.4. The summed E-state index contributed by atoms with van der Waals surface area (Å²) in [5.74, 6) is 1.92. The molecule has 0 spiro atoms. The van der Waals surface area contributed by atoms with Gasteiger partial charge in [-0.05, 0) is 45.5 Å². The molecule has 0 aliphatic carbocycles. The van der Waals surface area contributed by atoms with Crippen molar-refractivity contribution in [3.05, 3.63) is 47.2 Å². The lowest BCUT2D eigenvalue weighted by Gasteiger charge is -2.07. The lowest BCUT2D eigenvalue weighted by atomic mass is 10.0. The molecular weight excluding hydrogens is 210 g/mol. The lowest BCUT2D eigenvalue weighted by molar-refractivity contribution is 0.458. The zero-order valence-electron chi connectivity index (χ0n) is 10.9. The molecule has 2 nitrogen and oxygen atoms in total. The first kappa shape index (κ1) is 11.9. The van der Waals surface area contributed by atoms with Gasteiger partial charge in [0.15, 0.2) is 0 Å². The van der Waals surface area contributed by atoms with Crippen molar-refractivity contribution in [2.45, 2.75) is 26.8 Å². The van der Waals surface area contributed by atoms with Gasteiger partial charge in [-0.15, -0.1) is 0 Å². The minimum Gasteiger partial charge on any atom is -0.459 e. The molecule has 2 rings (SSSR count). The van der Waals surface area contributed by atoms with Crippen molar-refractivity contribution < 1.29 is 4.42 Å². The predicted octanol–water partition coefficient (Wildman–Crippen LogP) is 3.84. The minimum atomic E-state index is 0.245. The van der Waals surface area contributed by atoms with Crippen LogP contribution in [0.2, 0.25) is 0 Å². The summed E-state index contributed by atoms with van der Waals surface area (Å²) in [4.78, 5) is 0. The van der Waals surface area contributed by atoms with Crippen molar-refractivity contribution in [3.8, 4) is 11.3 Å². The van der Waals surface area contributed by atoms with E-state index in [1.54, 1.807) is 0 Å². The predicted molar refractivity (Wildman–Crippen MR) is 71.1 cm³/mol. The molecule has 1 heterocycles. The van der Waals surface area contributed by atoms with Crippen LogP contribution >= 0.6 is 0 Å². The molecule has 0 amide bonds. The largest absolute Gasteiger partial charge is 0.459 e. The Balaban J connectivity index is 2.37. The Morgan fingerprint density at radius 2 is 1.88 bits per heavy atom. The highest BCUT2D eigenvalue weighted by atomic mass is 16.3. The first-order chi connectivity index (χ1) is 8.11. The average molecular weight is 229 g/mol. The van der Waals surface area contributed by atoms with Gasteiger partial charge < -0.3 is 9.73 Å². The molecule has 1 aromatic heterocycles. The molecule has 0 bridgehead atoms. The molecule has 90 valence electrons. The molecule has 2 heteroatoms. The van der Waals surface area contributed by atoms with Gasteiger partial charge in [0.2, 0.25) is 0 Å². The summed E-state index contributed by atoms with van der Waals surface area (Å²) >= 11 is 0. The molecule has 1 atom stereocenters. The van der Waals surface area contributed by atoms with Crippen molar-refractivity contribution in [2.75, 3.05) is 7.05 Å². The van der Waals surface area contributed by atoms with Crippen LogP contribution in [0.5, 0.6) is 0 Å². The topological polar surface area (TPSA) is 25.2 Å². The second-order valence-electron chi connectivity index (χ2n) is 4.53. The summed E-state index contributed by atoms with van der Waals surface area (Å²) in [6.07, 6.45) is 0. The fraction of sp³-hybridized carbons (Fsp3) is 0.333. The molecule has 0 saturated carbocycles. The molecule has 1 aromatic carbocycles. The number of hydrogen-bond donors (Lipinski definition) is 1. The van der Waals surface area contributed by atoms with Crippen molar-refractivity contribution in [1.82, 2.24) is 5.32 Å². The third-order valence-corrected chi connectivity index (χ3v) is 3.13. The van der Waals surface area contributed by atoms with Crippen molar-refractivity contribution in [3.63, 3.8) is 0 Å². The lowest BCUT2D eigenvalue weighted by Crippen LogP contribution is -2.11. The van der Waals surface area contributed by atoms with Gasteiger partial charge in [-0.2, -0.15) is 0 Å². The number of furan rings is 1. The van der Waals surface area contributed by atoms with E-state index in [0.717, 1.165) is 11.5 Å². The van der Waals surface area contributed by atoms with Crippen LogP contribution in [0.3, 0.4) is 0 Å². The molecule has 0 fully saturated rings. The van der Waals surface area contributed by atoms with Crippen LogP contribution in [-0.4, -0.2) is 7.05 Å². The van der Waals surface area contributed by atoms with Gasteiger partial charge in [0.1, 0.15) is 11.5 Å². The van der Waals surface area contributed by atoms with Gasteiger partial charge in [0.05, 0.1) is 6.04 Å². The van der Waals surface area contributed by atoms with Crippen LogP contribution in [0, 0.1) is 13.8 Å². The van der Waals surface area contributed by atoms with Gasteiger partial charge >= 0.3 is 0 Å². The quantitative estimate of drug-likeness (QED) is 0.865. The Labute approximate surface area is 103 Å². The molecule has 0 aliphatic heterocycles. The van der Waals surface area contributed by atoms with E-state index in [4.69, 9.17) is 4.42 Å². The van der Waals surface area contributed by atoms with Crippen LogP contribution in [-0.2, 0) is 0 Å². The Morgan fingerprint density at radius 1 is 1.12 bits per heavy atom. The number of aryl methyl sites for hydroxylation is 2. The molecule has 0 radical (unpaired) electrons. The monoisotopic (exact) mass is 229 g/mol. The molecule has 0 saturated heterocycles. The second-order valence-corrected chi connectivity index (χ2v) is 4.53. The normalized spacial score (nSPS) is 12.7. The van der Waals surface area contributed by atoms with Crippen molar-refractivity contribution in [1.29, 1.82) is 0 Å². The van der Waals surface area contributed by atoms with E-state index in [1.165, 1.54) is 16.7 Å². The van der Waals surface area contributed by atoms with E-state index in [2.05, 4.69) is 44.3 Å². The number of nitrogens with one attached hydrogen (secondary N) is 1. The maximum Gasteiger partial charge on any atom is 0.134 e. The van der Waals surface area contributed by atoms with Crippen LogP contribution < -0.4 is 5.32 Å². The van der Waals surface area contributed by atoms with Crippen LogP contribution in [0.4, 0.5) is 0 Å². The van der Waals surface area contributed by atoms with Gasteiger partial charge in [-0.3, -0.25) is 0 Å². The fourth-order valence-electron chi connectivity index (χ4n) is 1.96.